The van der Waals surface area contributed by atoms with E-state index in [4.69, 9.17) is 18.0 Å². The summed E-state index contributed by atoms with van der Waals surface area (Å²) in [4.78, 5) is 0. The Hall–Kier alpha value is -0.203. The molecule has 5 heteroatoms. The predicted octanol–water partition coefficient (Wildman–Crippen LogP) is 2.19. The second-order valence-electron chi connectivity index (χ2n) is 3.12. The highest BCUT2D eigenvalue weighted by Crippen LogP contribution is 2.17. The summed E-state index contributed by atoms with van der Waals surface area (Å²) >= 11 is 0. The van der Waals surface area contributed by atoms with Gasteiger partial charge in [-0.15, -0.1) is 6.58 Å². The van der Waals surface area contributed by atoms with Crippen molar-refractivity contribution in [2.75, 3.05) is 27.6 Å². The van der Waals surface area contributed by atoms with E-state index in [9.17, 15) is 0 Å². The third kappa shape index (κ3) is 6.06. The topological polar surface area (TPSA) is 36.9 Å². The molecule has 90 valence electrons. The van der Waals surface area contributed by atoms with E-state index >= 15 is 0 Å². The van der Waals surface area contributed by atoms with Gasteiger partial charge in [0.2, 0.25) is 0 Å². The Morgan fingerprint density at radius 2 is 1.93 bits per heavy atom. The molecule has 4 nitrogen and oxygen atoms in total. The molecule has 0 aromatic carbocycles. The average Bonchev–Trinajstić information content (AvgIpc) is 2.29. The molecule has 0 aliphatic rings. The summed E-state index contributed by atoms with van der Waals surface area (Å²) in [6, 6.07) is 0.827. The average molecular weight is 234 g/mol. The highest BCUT2D eigenvalue weighted by molar-refractivity contribution is 6.60. The molecule has 0 radical (unpaired) electrons. The number of hydrogen-bond donors (Lipinski definition) is 0. The molecule has 0 rings (SSSR count). The van der Waals surface area contributed by atoms with Crippen molar-refractivity contribution in [3.05, 3.63) is 12.7 Å². The Morgan fingerprint density at radius 1 is 1.27 bits per heavy atom. The van der Waals surface area contributed by atoms with Gasteiger partial charge >= 0.3 is 8.80 Å². The van der Waals surface area contributed by atoms with Gasteiger partial charge in [-0.3, -0.25) is 0 Å². The molecule has 0 aliphatic heterocycles. The van der Waals surface area contributed by atoms with E-state index in [1.165, 1.54) is 0 Å². The molecule has 0 fully saturated rings. The first-order valence-corrected chi connectivity index (χ1v) is 7.10. The van der Waals surface area contributed by atoms with E-state index in [2.05, 4.69) is 13.5 Å². The molecule has 0 aromatic heterocycles. The van der Waals surface area contributed by atoms with Crippen molar-refractivity contribution in [3.8, 4) is 0 Å². The lowest BCUT2D eigenvalue weighted by Crippen LogP contribution is -2.44. The maximum atomic E-state index is 5.56. The summed E-state index contributed by atoms with van der Waals surface area (Å²) in [5.74, 6) is 0. The van der Waals surface area contributed by atoms with Gasteiger partial charge in [0.05, 0.1) is 6.61 Å². The highest BCUT2D eigenvalue weighted by Gasteiger charge is 2.38. The largest absolute Gasteiger partial charge is 0.502 e. The standard InChI is InChI=1S/C10H22O4Si/c1-5-7-9-15(11-3,12-4)14-10-13-8-6-2/h6H,2,5,7-10H2,1,3-4H3. The molecule has 0 unspecified atom stereocenters. The zero-order valence-corrected chi connectivity index (χ0v) is 11.0. The summed E-state index contributed by atoms with van der Waals surface area (Å²) in [6.07, 6.45) is 3.81. The van der Waals surface area contributed by atoms with Gasteiger partial charge in [-0.1, -0.05) is 19.4 Å². The van der Waals surface area contributed by atoms with Crippen LogP contribution < -0.4 is 0 Å². The van der Waals surface area contributed by atoms with Crippen molar-refractivity contribution < 1.29 is 18.0 Å². The summed E-state index contributed by atoms with van der Waals surface area (Å²) in [6.45, 7) is 6.35. The van der Waals surface area contributed by atoms with Crippen LogP contribution in [0, 0.1) is 0 Å². The molecule has 0 spiro atoms. The monoisotopic (exact) mass is 234 g/mol. The van der Waals surface area contributed by atoms with E-state index in [0.29, 0.717) is 6.61 Å². The van der Waals surface area contributed by atoms with Crippen LogP contribution in [-0.2, 0) is 18.0 Å². The second-order valence-corrected chi connectivity index (χ2v) is 6.09. The number of rotatable bonds is 10. The van der Waals surface area contributed by atoms with Crippen LogP contribution in [0.4, 0.5) is 0 Å². The lowest BCUT2D eigenvalue weighted by molar-refractivity contribution is -0.0233. The van der Waals surface area contributed by atoms with Crippen molar-refractivity contribution in [2.45, 2.75) is 25.8 Å². The Kier molecular flexibility index (Phi) is 8.93. The molecular weight excluding hydrogens is 212 g/mol. The van der Waals surface area contributed by atoms with Crippen LogP contribution in [0.25, 0.3) is 0 Å². The second kappa shape index (κ2) is 9.05. The molecular formula is C10H22O4Si. The maximum Gasteiger partial charge on any atom is 0.502 e. The molecule has 0 amide bonds. The lowest BCUT2D eigenvalue weighted by Gasteiger charge is -2.25. The summed E-state index contributed by atoms with van der Waals surface area (Å²) < 4.78 is 21.4. The number of unbranched alkanes of at least 4 members (excludes halogenated alkanes) is 1. The van der Waals surface area contributed by atoms with Gasteiger partial charge in [0, 0.05) is 20.3 Å². The van der Waals surface area contributed by atoms with E-state index < -0.39 is 8.80 Å². The van der Waals surface area contributed by atoms with Crippen LogP contribution in [-0.4, -0.2) is 36.4 Å². The van der Waals surface area contributed by atoms with Crippen molar-refractivity contribution >= 4 is 8.80 Å². The van der Waals surface area contributed by atoms with Crippen molar-refractivity contribution in [3.63, 3.8) is 0 Å². The van der Waals surface area contributed by atoms with Crippen LogP contribution in [0.5, 0.6) is 0 Å². The quantitative estimate of drug-likeness (QED) is 0.251. The van der Waals surface area contributed by atoms with Gasteiger partial charge in [-0.25, -0.2) is 0 Å². The van der Waals surface area contributed by atoms with Gasteiger partial charge in [-0.2, -0.15) is 0 Å². The fourth-order valence-corrected chi connectivity index (χ4v) is 3.14. The van der Waals surface area contributed by atoms with Gasteiger partial charge in [0.15, 0.2) is 0 Å². The normalized spacial score (nSPS) is 11.7. The third-order valence-corrected chi connectivity index (χ3v) is 4.82. The molecule has 0 aromatic rings. The van der Waals surface area contributed by atoms with Crippen LogP contribution in [0.3, 0.4) is 0 Å². The zero-order chi connectivity index (χ0) is 11.6. The first-order valence-electron chi connectivity index (χ1n) is 5.17. The van der Waals surface area contributed by atoms with Crippen molar-refractivity contribution in [2.24, 2.45) is 0 Å². The van der Waals surface area contributed by atoms with E-state index in [1.807, 2.05) is 0 Å². The molecule has 0 N–H and O–H groups in total. The number of ether oxygens (including phenoxy) is 1. The van der Waals surface area contributed by atoms with Gasteiger partial charge < -0.3 is 18.0 Å². The molecule has 0 heterocycles. The lowest BCUT2D eigenvalue weighted by atomic mass is 10.4. The van der Waals surface area contributed by atoms with E-state index in [1.54, 1.807) is 20.3 Å². The molecule has 0 bridgehead atoms. The van der Waals surface area contributed by atoms with Crippen LogP contribution in [0.2, 0.25) is 6.04 Å². The van der Waals surface area contributed by atoms with E-state index in [-0.39, 0.29) is 6.79 Å². The zero-order valence-electron chi connectivity index (χ0n) is 9.95. The molecule has 15 heavy (non-hydrogen) atoms. The van der Waals surface area contributed by atoms with Crippen LogP contribution in [0.15, 0.2) is 12.7 Å². The van der Waals surface area contributed by atoms with Gasteiger partial charge in [-0.05, 0) is 6.42 Å². The predicted molar refractivity (Wildman–Crippen MR) is 61.6 cm³/mol. The fraction of sp³-hybridized carbons (Fsp3) is 0.800. The maximum absolute atomic E-state index is 5.56. The Labute approximate surface area is 93.5 Å². The number of hydrogen-bond acceptors (Lipinski definition) is 4. The minimum absolute atomic E-state index is 0.198. The summed E-state index contributed by atoms with van der Waals surface area (Å²) in [5.41, 5.74) is 0. The SMILES string of the molecule is C=CCOCO[Si](CCCC)(OC)OC. The van der Waals surface area contributed by atoms with Crippen molar-refractivity contribution in [1.82, 2.24) is 0 Å². The summed E-state index contributed by atoms with van der Waals surface area (Å²) in [7, 11) is 0.774. The van der Waals surface area contributed by atoms with Crippen LogP contribution >= 0.6 is 0 Å². The first-order chi connectivity index (χ1) is 7.24. The fourth-order valence-electron chi connectivity index (χ4n) is 1.13. The minimum Gasteiger partial charge on any atom is -0.377 e. The highest BCUT2D eigenvalue weighted by atomic mass is 28.4. The minimum atomic E-state index is -2.47. The van der Waals surface area contributed by atoms with Gasteiger partial charge in [0.25, 0.3) is 0 Å². The summed E-state index contributed by atoms with van der Waals surface area (Å²) in [5, 5.41) is 0. The Morgan fingerprint density at radius 3 is 2.40 bits per heavy atom. The molecule has 0 saturated heterocycles. The third-order valence-electron chi connectivity index (χ3n) is 2.06. The van der Waals surface area contributed by atoms with Crippen molar-refractivity contribution in [1.29, 1.82) is 0 Å². The molecule has 0 atom stereocenters. The van der Waals surface area contributed by atoms with Gasteiger partial charge in [0.1, 0.15) is 6.79 Å². The molecule has 0 aliphatic carbocycles. The first kappa shape index (κ1) is 14.8. The van der Waals surface area contributed by atoms with Crippen LogP contribution in [0.1, 0.15) is 19.8 Å². The Balaban J connectivity index is 3.93. The Bertz CT molecular complexity index is 160. The smallest absolute Gasteiger partial charge is 0.377 e. The molecule has 0 saturated carbocycles. The van der Waals surface area contributed by atoms with E-state index in [0.717, 1.165) is 18.9 Å².